The van der Waals surface area contributed by atoms with Crippen LogP contribution in [0.1, 0.15) is 13.3 Å². The Morgan fingerprint density at radius 1 is 1.50 bits per heavy atom. The van der Waals surface area contributed by atoms with Gasteiger partial charge >= 0.3 is 5.97 Å². The van der Waals surface area contributed by atoms with E-state index in [4.69, 9.17) is 5.11 Å². The van der Waals surface area contributed by atoms with Crippen molar-refractivity contribution in [2.24, 2.45) is 0 Å². The molecule has 0 aromatic heterocycles. The molecule has 0 spiro atoms. The number of benzene rings is 1. The molecule has 1 unspecified atom stereocenters. The maximum atomic E-state index is 13.3. The smallest absolute Gasteiger partial charge is 0.305 e. The molecule has 0 heterocycles. The fourth-order valence-corrected chi connectivity index (χ4v) is 1.64. The second-order valence-electron chi connectivity index (χ2n) is 3.39. The van der Waals surface area contributed by atoms with Crippen molar-refractivity contribution in [1.29, 1.82) is 0 Å². The lowest BCUT2D eigenvalue weighted by Crippen LogP contribution is -2.20. The van der Waals surface area contributed by atoms with Crippen molar-refractivity contribution in [2.75, 3.05) is 5.32 Å². The molecule has 0 aliphatic rings. The first kappa shape index (κ1) is 12.9. The molecule has 0 radical (unpaired) electrons. The second kappa shape index (κ2) is 5.25. The maximum Gasteiger partial charge on any atom is 0.305 e. The molecule has 0 aliphatic carbocycles. The van der Waals surface area contributed by atoms with E-state index in [1.165, 1.54) is 6.92 Å². The number of carboxylic acids is 1. The number of anilines is 1. The van der Waals surface area contributed by atoms with E-state index in [-0.39, 0.29) is 12.1 Å². The van der Waals surface area contributed by atoms with Crippen LogP contribution in [0.15, 0.2) is 16.6 Å². The Morgan fingerprint density at radius 3 is 2.44 bits per heavy atom. The van der Waals surface area contributed by atoms with Gasteiger partial charge in [-0.1, -0.05) is 15.9 Å². The number of aliphatic carboxylic acids is 1. The Hall–Kier alpha value is -1.17. The summed E-state index contributed by atoms with van der Waals surface area (Å²) in [4.78, 5) is 10.4. The van der Waals surface area contributed by atoms with Gasteiger partial charge in [0, 0.05) is 10.5 Å². The Labute approximate surface area is 99.6 Å². The van der Waals surface area contributed by atoms with E-state index in [1.807, 2.05) is 0 Å². The summed E-state index contributed by atoms with van der Waals surface area (Å²) in [5, 5.41) is 11.0. The van der Waals surface area contributed by atoms with Crippen LogP contribution in [0, 0.1) is 11.6 Å². The minimum absolute atomic E-state index is 0.213. The third kappa shape index (κ3) is 3.44. The molecule has 88 valence electrons. The molecule has 0 aliphatic heterocycles. The van der Waals surface area contributed by atoms with E-state index in [0.29, 0.717) is 4.47 Å². The van der Waals surface area contributed by atoms with E-state index in [2.05, 4.69) is 21.2 Å². The van der Waals surface area contributed by atoms with Crippen LogP contribution in [-0.4, -0.2) is 17.1 Å². The first-order valence-corrected chi connectivity index (χ1v) is 5.32. The zero-order valence-corrected chi connectivity index (χ0v) is 10.0. The standard InChI is InChI=1S/C10H10BrF2NO2/c1-5(2-9(15)16)14-10-7(12)3-6(11)4-8(10)13/h3-5,14H,2H2,1H3,(H,15,16). The molecule has 0 saturated carbocycles. The summed E-state index contributed by atoms with van der Waals surface area (Å²) in [6, 6.07) is 1.67. The molecule has 3 nitrogen and oxygen atoms in total. The lowest BCUT2D eigenvalue weighted by atomic mass is 10.2. The van der Waals surface area contributed by atoms with Gasteiger partial charge in [0.1, 0.15) is 17.3 Å². The normalized spacial score (nSPS) is 12.2. The second-order valence-corrected chi connectivity index (χ2v) is 4.30. The van der Waals surface area contributed by atoms with Crippen molar-refractivity contribution in [3.8, 4) is 0 Å². The summed E-state index contributed by atoms with van der Waals surface area (Å²) in [6.45, 7) is 1.54. The van der Waals surface area contributed by atoms with Crippen LogP contribution in [0.4, 0.5) is 14.5 Å². The third-order valence-corrected chi connectivity index (χ3v) is 2.34. The summed E-state index contributed by atoms with van der Waals surface area (Å²) < 4.78 is 26.9. The van der Waals surface area contributed by atoms with Crippen LogP contribution in [-0.2, 0) is 4.79 Å². The van der Waals surface area contributed by atoms with Gasteiger partial charge in [-0.15, -0.1) is 0 Å². The highest BCUT2D eigenvalue weighted by molar-refractivity contribution is 9.10. The molecule has 6 heteroatoms. The van der Waals surface area contributed by atoms with Crippen LogP contribution < -0.4 is 5.32 Å². The average molecular weight is 294 g/mol. The van der Waals surface area contributed by atoms with Crippen molar-refractivity contribution in [2.45, 2.75) is 19.4 Å². The monoisotopic (exact) mass is 293 g/mol. The Balaban J connectivity index is 2.85. The zero-order valence-electron chi connectivity index (χ0n) is 8.43. The summed E-state index contributed by atoms with van der Waals surface area (Å²) in [5.41, 5.74) is -0.308. The van der Waals surface area contributed by atoms with Gasteiger partial charge in [0.15, 0.2) is 0 Å². The summed E-state index contributed by atoms with van der Waals surface area (Å²) in [7, 11) is 0. The molecule has 1 atom stereocenters. The van der Waals surface area contributed by atoms with Gasteiger partial charge in [-0.3, -0.25) is 4.79 Å². The molecule has 0 bridgehead atoms. The number of halogens is 3. The molecular formula is C10H10BrF2NO2. The lowest BCUT2D eigenvalue weighted by molar-refractivity contribution is -0.137. The fourth-order valence-electron chi connectivity index (χ4n) is 1.24. The van der Waals surface area contributed by atoms with Gasteiger partial charge in [0.25, 0.3) is 0 Å². The van der Waals surface area contributed by atoms with Crippen molar-refractivity contribution >= 4 is 27.6 Å². The van der Waals surface area contributed by atoms with Crippen LogP contribution in [0.5, 0.6) is 0 Å². The quantitative estimate of drug-likeness (QED) is 0.897. The molecule has 1 rings (SSSR count). The van der Waals surface area contributed by atoms with Gasteiger partial charge in [0.05, 0.1) is 6.42 Å². The number of rotatable bonds is 4. The predicted octanol–water partition coefficient (Wildman–Crippen LogP) is 3.00. The van der Waals surface area contributed by atoms with Gasteiger partial charge in [0.2, 0.25) is 0 Å². The first-order chi connectivity index (χ1) is 7.40. The Bertz CT molecular complexity index is 389. The van der Waals surface area contributed by atoms with Crippen molar-refractivity contribution in [3.63, 3.8) is 0 Å². The van der Waals surface area contributed by atoms with Crippen LogP contribution in [0.2, 0.25) is 0 Å². The molecule has 0 saturated heterocycles. The van der Waals surface area contributed by atoms with Gasteiger partial charge in [-0.05, 0) is 19.1 Å². The number of nitrogens with one attached hydrogen (secondary N) is 1. The topological polar surface area (TPSA) is 49.3 Å². The van der Waals surface area contributed by atoms with E-state index in [9.17, 15) is 13.6 Å². The Morgan fingerprint density at radius 2 is 2.00 bits per heavy atom. The summed E-state index contributed by atoms with van der Waals surface area (Å²) in [5.74, 6) is -2.55. The number of carboxylic acid groups (broad SMARTS) is 1. The summed E-state index contributed by atoms with van der Waals surface area (Å²) >= 11 is 2.95. The molecule has 0 fully saturated rings. The average Bonchev–Trinajstić information content (AvgIpc) is 2.09. The predicted molar refractivity (Wildman–Crippen MR) is 59.4 cm³/mol. The minimum atomic E-state index is -1.03. The van der Waals surface area contributed by atoms with Crippen LogP contribution in [0.3, 0.4) is 0 Å². The SMILES string of the molecule is CC(CC(=O)O)Nc1c(F)cc(Br)cc1F. The molecule has 16 heavy (non-hydrogen) atoms. The number of carbonyl (C=O) groups is 1. The Kier molecular flexibility index (Phi) is 4.23. The highest BCUT2D eigenvalue weighted by atomic mass is 79.9. The van der Waals surface area contributed by atoms with Crippen molar-refractivity contribution in [1.82, 2.24) is 0 Å². The summed E-state index contributed by atoms with van der Waals surface area (Å²) in [6.07, 6.45) is -0.213. The zero-order chi connectivity index (χ0) is 12.3. The number of hydrogen-bond acceptors (Lipinski definition) is 2. The lowest BCUT2D eigenvalue weighted by Gasteiger charge is -2.14. The third-order valence-electron chi connectivity index (χ3n) is 1.88. The fraction of sp³-hybridized carbons (Fsp3) is 0.300. The number of hydrogen-bond donors (Lipinski definition) is 2. The molecule has 1 aromatic rings. The van der Waals surface area contributed by atoms with Crippen molar-refractivity contribution in [3.05, 3.63) is 28.2 Å². The largest absolute Gasteiger partial charge is 0.481 e. The van der Waals surface area contributed by atoms with E-state index < -0.39 is 23.6 Å². The highest BCUT2D eigenvalue weighted by Crippen LogP contribution is 2.24. The molecule has 0 amide bonds. The van der Waals surface area contributed by atoms with Gasteiger partial charge in [-0.2, -0.15) is 0 Å². The van der Waals surface area contributed by atoms with Crippen LogP contribution in [0.25, 0.3) is 0 Å². The molecule has 2 N–H and O–H groups in total. The van der Waals surface area contributed by atoms with Gasteiger partial charge in [-0.25, -0.2) is 8.78 Å². The van der Waals surface area contributed by atoms with Gasteiger partial charge < -0.3 is 10.4 Å². The minimum Gasteiger partial charge on any atom is -0.481 e. The maximum absolute atomic E-state index is 13.3. The highest BCUT2D eigenvalue weighted by Gasteiger charge is 2.14. The van der Waals surface area contributed by atoms with Crippen LogP contribution >= 0.6 is 15.9 Å². The van der Waals surface area contributed by atoms with Crippen molar-refractivity contribution < 1.29 is 18.7 Å². The molecule has 1 aromatic carbocycles. The van der Waals surface area contributed by atoms with E-state index in [0.717, 1.165) is 12.1 Å². The molecular weight excluding hydrogens is 284 g/mol. The first-order valence-electron chi connectivity index (χ1n) is 4.53. The van der Waals surface area contributed by atoms with E-state index in [1.54, 1.807) is 0 Å². The van der Waals surface area contributed by atoms with E-state index >= 15 is 0 Å².